The summed E-state index contributed by atoms with van der Waals surface area (Å²) in [7, 11) is 1.58. The van der Waals surface area contributed by atoms with Gasteiger partial charge in [-0.15, -0.1) is 0 Å². The van der Waals surface area contributed by atoms with E-state index in [0.717, 1.165) is 5.56 Å². The van der Waals surface area contributed by atoms with Gasteiger partial charge in [0.05, 0.1) is 19.4 Å². The zero-order valence-electron chi connectivity index (χ0n) is 9.43. The van der Waals surface area contributed by atoms with Crippen molar-refractivity contribution < 1.29 is 9.84 Å². The molecule has 4 heteroatoms. The molecule has 0 radical (unpaired) electrons. The van der Waals surface area contributed by atoms with E-state index in [9.17, 15) is 4.79 Å². The van der Waals surface area contributed by atoms with E-state index in [1.807, 2.05) is 24.3 Å². The van der Waals surface area contributed by atoms with Gasteiger partial charge < -0.3 is 14.8 Å². The van der Waals surface area contributed by atoms with Gasteiger partial charge in [0, 0.05) is 11.1 Å². The van der Waals surface area contributed by atoms with Crippen molar-refractivity contribution in [2.45, 2.75) is 6.61 Å². The summed E-state index contributed by atoms with van der Waals surface area (Å²) >= 11 is 0. The second-order valence-corrected chi connectivity index (χ2v) is 3.58. The topological polar surface area (TPSA) is 62.3 Å². The highest BCUT2D eigenvalue weighted by molar-refractivity contribution is 5.66. The second kappa shape index (κ2) is 4.84. The van der Waals surface area contributed by atoms with Crippen LogP contribution in [0.25, 0.3) is 11.3 Å². The maximum absolute atomic E-state index is 11.6. The number of aliphatic hydroxyl groups excluding tert-OH is 1. The third-order valence-corrected chi connectivity index (χ3v) is 2.56. The van der Waals surface area contributed by atoms with E-state index in [1.165, 1.54) is 0 Å². The van der Waals surface area contributed by atoms with Crippen molar-refractivity contribution in [2.75, 3.05) is 7.11 Å². The van der Waals surface area contributed by atoms with Crippen LogP contribution in [0.1, 0.15) is 5.56 Å². The minimum Gasteiger partial charge on any atom is -0.496 e. The van der Waals surface area contributed by atoms with Crippen molar-refractivity contribution in [1.29, 1.82) is 0 Å². The zero-order chi connectivity index (χ0) is 12.3. The maximum atomic E-state index is 11.6. The third kappa shape index (κ3) is 2.21. The lowest BCUT2D eigenvalue weighted by Gasteiger charge is -2.08. The normalized spacial score (nSPS) is 10.2. The predicted molar refractivity (Wildman–Crippen MR) is 65.0 cm³/mol. The molecule has 0 amide bonds. The molecule has 0 saturated heterocycles. The highest BCUT2D eigenvalue weighted by Gasteiger charge is 2.06. The van der Waals surface area contributed by atoms with Crippen LogP contribution in [-0.2, 0) is 6.61 Å². The summed E-state index contributed by atoms with van der Waals surface area (Å²) in [5.41, 5.74) is 1.56. The molecule has 0 aliphatic carbocycles. The second-order valence-electron chi connectivity index (χ2n) is 3.58. The largest absolute Gasteiger partial charge is 0.496 e. The summed E-state index contributed by atoms with van der Waals surface area (Å²) in [6.07, 6.45) is 0. The summed E-state index contributed by atoms with van der Waals surface area (Å²) in [5, 5.41) is 8.94. The molecule has 17 heavy (non-hydrogen) atoms. The van der Waals surface area contributed by atoms with Gasteiger partial charge in [-0.05, 0) is 24.3 Å². The minimum absolute atomic E-state index is 0.262. The number of ether oxygens (including phenoxy) is 1. The highest BCUT2D eigenvalue weighted by Crippen LogP contribution is 2.27. The first-order valence-corrected chi connectivity index (χ1v) is 5.22. The van der Waals surface area contributed by atoms with Crippen molar-refractivity contribution in [2.24, 2.45) is 0 Å². The Morgan fingerprint density at radius 3 is 2.65 bits per heavy atom. The fourth-order valence-electron chi connectivity index (χ4n) is 1.65. The number of H-pyrrole nitrogens is 1. The van der Waals surface area contributed by atoms with Crippen LogP contribution < -0.4 is 10.3 Å². The number of rotatable bonds is 3. The van der Waals surface area contributed by atoms with E-state index in [2.05, 4.69) is 4.98 Å². The lowest BCUT2D eigenvalue weighted by Crippen LogP contribution is -2.12. The number of benzene rings is 1. The smallest absolute Gasteiger partial charge is 0.253 e. The maximum Gasteiger partial charge on any atom is 0.253 e. The molecule has 2 rings (SSSR count). The molecule has 0 aliphatic rings. The molecule has 0 atom stereocenters. The fraction of sp³-hybridized carbons (Fsp3) is 0.154. The highest BCUT2D eigenvalue weighted by atomic mass is 16.5. The number of aromatic nitrogens is 1. The van der Waals surface area contributed by atoms with Crippen LogP contribution in [0.4, 0.5) is 0 Å². The first-order chi connectivity index (χ1) is 8.26. The predicted octanol–water partition coefficient (Wildman–Crippen LogP) is 1.54. The fourth-order valence-corrected chi connectivity index (χ4v) is 1.65. The van der Waals surface area contributed by atoms with E-state index >= 15 is 0 Å². The van der Waals surface area contributed by atoms with Crippen molar-refractivity contribution in [3.63, 3.8) is 0 Å². The SMILES string of the molecule is COc1ccccc1-c1ccc(CO)c(=O)[nH]1. The molecule has 0 spiro atoms. The van der Waals surface area contributed by atoms with Crippen LogP contribution in [0.3, 0.4) is 0 Å². The van der Waals surface area contributed by atoms with Gasteiger partial charge >= 0.3 is 0 Å². The molecule has 1 aromatic carbocycles. The Morgan fingerprint density at radius 2 is 2.00 bits per heavy atom. The van der Waals surface area contributed by atoms with Gasteiger partial charge in [-0.25, -0.2) is 0 Å². The molecule has 4 nitrogen and oxygen atoms in total. The number of hydrogen-bond acceptors (Lipinski definition) is 3. The van der Waals surface area contributed by atoms with Crippen LogP contribution in [0.5, 0.6) is 5.75 Å². The van der Waals surface area contributed by atoms with Crippen molar-refractivity contribution in [3.05, 3.63) is 52.3 Å². The zero-order valence-corrected chi connectivity index (χ0v) is 9.43. The van der Waals surface area contributed by atoms with Gasteiger partial charge in [-0.1, -0.05) is 12.1 Å². The number of pyridine rings is 1. The van der Waals surface area contributed by atoms with Crippen LogP contribution in [0.15, 0.2) is 41.2 Å². The van der Waals surface area contributed by atoms with Crippen LogP contribution in [0.2, 0.25) is 0 Å². The lowest BCUT2D eigenvalue weighted by atomic mass is 10.1. The molecule has 0 saturated carbocycles. The molecular formula is C13H13NO3. The Balaban J connectivity index is 2.53. The van der Waals surface area contributed by atoms with Gasteiger partial charge in [0.25, 0.3) is 5.56 Å². The number of aromatic amines is 1. The van der Waals surface area contributed by atoms with Crippen molar-refractivity contribution >= 4 is 0 Å². The Kier molecular flexibility index (Phi) is 3.25. The molecule has 0 aliphatic heterocycles. The lowest BCUT2D eigenvalue weighted by molar-refractivity contribution is 0.280. The molecular weight excluding hydrogens is 218 g/mol. The average molecular weight is 231 g/mol. The summed E-state index contributed by atoms with van der Waals surface area (Å²) < 4.78 is 5.22. The molecule has 1 aromatic heterocycles. The van der Waals surface area contributed by atoms with Gasteiger partial charge in [0.1, 0.15) is 5.75 Å². The summed E-state index contributed by atoms with van der Waals surface area (Å²) in [6.45, 7) is -0.262. The molecule has 0 bridgehead atoms. The Hall–Kier alpha value is -2.07. The van der Waals surface area contributed by atoms with E-state index in [4.69, 9.17) is 9.84 Å². The van der Waals surface area contributed by atoms with Crippen molar-refractivity contribution in [3.8, 4) is 17.0 Å². The molecule has 88 valence electrons. The van der Waals surface area contributed by atoms with Gasteiger partial charge in [0.2, 0.25) is 0 Å². The van der Waals surface area contributed by atoms with E-state index < -0.39 is 0 Å². The van der Waals surface area contributed by atoms with Crippen LogP contribution >= 0.6 is 0 Å². The molecule has 0 unspecified atom stereocenters. The standard InChI is InChI=1S/C13H13NO3/c1-17-12-5-3-2-4-10(12)11-7-6-9(8-15)13(16)14-11/h2-7,15H,8H2,1H3,(H,14,16). The average Bonchev–Trinajstić information content (AvgIpc) is 2.38. The summed E-state index contributed by atoms with van der Waals surface area (Å²) in [6, 6.07) is 10.8. The monoisotopic (exact) mass is 231 g/mol. The molecule has 2 N–H and O–H groups in total. The van der Waals surface area contributed by atoms with Crippen molar-refractivity contribution in [1.82, 2.24) is 4.98 Å². The Bertz CT molecular complexity index is 575. The van der Waals surface area contributed by atoms with Gasteiger partial charge in [-0.2, -0.15) is 0 Å². The summed E-state index contributed by atoms with van der Waals surface area (Å²) in [4.78, 5) is 14.3. The van der Waals surface area contributed by atoms with Gasteiger partial charge in [0.15, 0.2) is 0 Å². The van der Waals surface area contributed by atoms with Crippen LogP contribution in [-0.4, -0.2) is 17.2 Å². The number of hydrogen-bond donors (Lipinski definition) is 2. The third-order valence-electron chi connectivity index (χ3n) is 2.56. The number of methoxy groups -OCH3 is 1. The number of aliphatic hydroxyl groups is 1. The van der Waals surface area contributed by atoms with Gasteiger partial charge in [-0.3, -0.25) is 4.79 Å². The number of para-hydroxylation sites is 1. The Morgan fingerprint density at radius 1 is 1.24 bits per heavy atom. The van der Waals surface area contributed by atoms with E-state index in [-0.39, 0.29) is 12.2 Å². The molecule has 2 aromatic rings. The first-order valence-electron chi connectivity index (χ1n) is 5.22. The van der Waals surface area contributed by atoms with E-state index in [0.29, 0.717) is 17.0 Å². The minimum atomic E-state index is -0.282. The Labute approximate surface area is 98.5 Å². The molecule has 0 fully saturated rings. The number of nitrogens with one attached hydrogen (secondary N) is 1. The van der Waals surface area contributed by atoms with Crippen LogP contribution in [0, 0.1) is 0 Å². The first kappa shape index (κ1) is 11.4. The summed E-state index contributed by atoms with van der Waals surface area (Å²) in [5.74, 6) is 0.694. The van der Waals surface area contributed by atoms with E-state index in [1.54, 1.807) is 19.2 Å². The quantitative estimate of drug-likeness (QED) is 0.842. The molecule has 1 heterocycles.